The van der Waals surface area contributed by atoms with Crippen molar-refractivity contribution in [1.82, 2.24) is 4.90 Å². The second-order valence-corrected chi connectivity index (χ2v) is 2.48. The van der Waals surface area contributed by atoms with Gasteiger partial charge in [0, 0.05) is 11.9 Å². The summed E-state index contributed by atoms with van der Waals surface area (Å²) in [6, 6.07) is 0. The minimum Gasteiger partial charge on any atom is -0.308 e. The number of alkyl halides is 1. The van der Waals surface area contributed by atoms with Gasteiger partial charge in [0.2, 0.25) is 0 Å². The molecule has 0 aliphatic carbocycles. The van der Waals surface area contributed by atoms with Crippen molar-refractivity contribution in [2.24, 2.45) is 0 Å². The zero-order chi connectivity index (χ0) is 5.86. The normalized spacial score (nSPS) is 15.0. The molecule has 0 fully saturated rings. The first-order valence-corrected chi connectivity index (χ1v) is 2.68. The highest BCUT2D eigenvalue weighted by Gasteiger charge is 1.94. The average molecular weight is 121 g/mol. The van der Waals surface area contributed by atoms with Crippen molar-refractivity contribution in [2.45, 2.75) is 5.38 Å². The average Bonchev–Trinajstić information content (AvgIpc) is 1.27. The van der Waals surface area contributed by atoms with Crippen LogP contribution in [0.2, 0.25) is 0 Å². The molecule has 0 aliphatic heterocycles. The van der Waals surface area contributed by atoms with E-state index in [1.54, 1.807) is 0 Å². The molecule has 43 valence electrons. The van der Waals surface area contributed by atoms with Gasteiger partial charge in [-0.25, -0.2) is 0 Å². The molecule has 1 radical (unpaired) electrons. The summed E-state index contributed by atoms with van der Waals surface area (Å²) in [6.45, 7) is 4.45. The third-order valence-corrected chi connectivity index (χ3v) is 0.701. The van der Waals surface area contributed by atoms with Crippen LogP contribution in [-0.4, -0.2) is 30.9 Å². The van der Waals surface area contributed by atoms with E-state index < -0.39 is 0 Å². The lowest BCUT2D eigenvalue weighted by Crippen LogP contribution is -2.19. The highest BCUT2D eigenvalue weighted by molar-refractivity contribution is 6.21. The topological polar surface area (TPSA) is 3.24 Å². The zero-order valence-corrected chi connectivity index (χ0v) is 5.57. The lowest BCUT2D eigenvalue weighted by Gasteiger charge is -2.09. The van der Waals surface area contributed by atoms with Crippen LogP contribution in [0.4, 0.5) is 0 Å². The van der Waals surface area contributed by atoms with Gasteiger partial charge >= 0.3 is 0 Å². The fourth-order valence-electron chi connectivity index (χ4n) is 0.396. The van der Waals surface area contributed by atoms with Crippen LogP contribution < -0.4 is 0 Å². The van der Waals surface area contributed by atoms with Gasteiger partial charge in [-0.2, -0.15) is 0 Å². The van der Waals surface area contributed by atoms with Crippen LogP contribution in [0.25, 0.3) is 0 Å². The summed E-state index contributed by atoms with van der Waals surface area (Å²) in [7, 11) is 3.95. The van der Waals surface area contributed by atoms with Crippen LogP contribution in [-0.2, 0) is 0 Å². The Kier molecular flexibility index (Phi) is 3.39. The Balaban J connectivity index is 2.95. The minimum atomic E-state index is 0.0231. The summed E-state index contributed by atoms with van der Waals surface area (Å²) in [6.07, 6.45) is 0. The molecule has 0 bridgehead atoms. The Morgan fingerprint density at radius 2 is 2.14 bits per heavy atom. The van der Waals surface area contributed by atoms with Crippen molar-refractivity contribution >= 4 is 11.6 Å². The lowest BCUT2D eigenvalue weighted by atomic mass is 10.4. The Morgan fingerprint density at radius 3 is 2.14 bits per heavy atom. The third kappa shape index (κ3) is 6.25. The first-order valence-electron chi connectivity index (χ1n) is 2.25. The molecule has 0 saturated heterocycles. The molecule has 1 atom stereocenters. The maximum Gasteiger partial charge on any atom is 0.0463 e. The van der Waals surface area contributed by atoms with Crippen LogP contribution in [0.15, 0.2) is 0 Å². The molecule has 0 aromatic carbocycles. The number of hydrogen-bond donors (Lipinski definition) is 0. The monoisotopic (exact) mass is 120 g/mol. The number of rotatable bonds is 2. The van der Waals surface area contributed by atoms with E-state index in [4.69, 9.17) is 11.6 Å². The maximum absolute atomic E-state index is 5.52. The molecule has 2 heteroatoms. The van der Waals surface area contributed by atoms with Gasteiger partial charge in [-0.1, -0.05) is 0 Å². The third-order valence-electron chi connectivity index (χ3n) is 0.563. The van der Waals surface area contributed by atoms with E-state index in [0.29, 0.717) is 0 Å². The molecule has 7 heavy (non-hydrogen) atoms. The molecule has 1 nitrogen and oxygen atoms in total. The minimum absolute atomic E-state index is 0.0231. The van der Waals surface area contributed by atoms with E-state index in [1.165, 1.54) is 0 Å². The molecule has 0 heterocycles. The molecule has 0 amide bonds. The van der Waals surface area contributed by atoms with Gasteiger partial charge in [-0.05, 0) is 21.0 Å². The highest BCUT2D eigenvalue weighted by Crippen LogP contribution is 1.91. The number of hydrogen-bond acceptors (Lipinski definition) is 1. The summed E-state index contributed by atoms with van der Waals surface area (Å²) < 4.78 is 0. The smallest absolute Gasteiger partial charge is 0.0463 e. The van der Waals surface area contributed by atoms with Crippen LogP contribution in [0.1, 0.15) is 0 Å². The van der Waals surface area contributed by atoms with Gasteiger partial charge in [0.15, 0.2) is 0 Å². The van der Waals surface area contributed by atoms with Gasteiger partial charge in [0.05, 0.1) is 0 Å². The summed E-state index contributed by atoms with van der Waals surface area (Å²) in [4.78, 5) is 2.00. The molecule has 0 aliphatic rings. The fraction of sp³-hybridized carbons (Fsp3) is 0.800. The summed E-state index contributed by atoms with van der Waals surface area (Å²) in [5.41, 5.74) is 0. The van der Waals surface area contributed by atoms with Crippen LogP contribution in [0.5, 0.6) is 0 Å². The fourth-order valence-corrected chi connectivity index (χ4v) is 0.672. The molecule has 0 saturated carbocycles. The van der Waals surface area contributed by atoms with E-state index in [9.17, 15) is 0 Å². The van der Waals surface area contributed by atoms with Crippen molar-refractivity contribution in [2.75, 3.05) is 20.6 Å². The Morgan fingerprint density at radius 1 is 1.71 bits per heavy atom. The molecular formula is C5H11ClN. The number of halogens is 1. The van der Waals surface area contributed by atoms with Gasteiger partial charge in [-0.15, -0.1) is 11.6 Å². The Bertz CT molecular complexity index is 37.3. The molecule has 0 aromatic rings. The predicted molar refractivity (Wildman–Crippen MR) is 33.6 cm³/mol. The molecule has 0 N–H and O–H groups in total. The van der Waals surface area contributed by atoms with Crippen LogP contribution >= 0.6 is 11.6 Å². The van der Waals surface area contributed by atoms with Crippen molar-refractivity contribution < 1.29 is 0 Å². The molecule has 0 rings (SSSR count). The molecule has 0 aromatic heterocycles. The van der Waals surface area contributed by atoms with Crippen molar-refractivity contribution in [3.05, 3.63) is 6.92 Å². The molecule has 1 unspecified atom stereocenters. The van der Waals surface area contributed by atoms with Gasteiger partial charge in [0.25, 0.3) is 0 Å². The maximum atomic E-state index is 5.52. The van der Waals surface area contributed by atoms with Crippen LogP contribution in [0, 0.1) is 6.92 Å². The van der Waals surface area contributed by atoms with Crippen molar-refractivity contribution in [1.29, 1.82) is 0 Å². The van der Waals surface area contributed by atoms with E-state index in [-0.39, 0.29) is 5.38 Å². The SMILES string of the molecule is [CH2]C(Cl)CN(C)C. The highest BCUT2D eigenvalue weighted by atomic mass is 35.5. The Labute approximate surface area is 50.3 Å². The summed E-state index contributed by atoms with van der Waals surface area (Å²) >= 11 is 5.52. The van der Waals surface area contributed by atoms with Crippen LogP contribution in [0.3, 0.4) is 0 Å². The quantitative estimate of drug-likeness (QED) is 0.492. The second kappa shape index (κ2) is 3.28. The standard InChI is InChI=1S/C5H11ClN/c1-5(6)4-7(2)3/h5H,1,4H2,2-3H3. The molecular weight excluding hydrogens is 110 g/mol. The van der Waals surface area contributed by atoms with E-state index in [1.807, 2.05) is 19.0 Å². The van der Waals surface area contributed by atoms with Crippen molar-refractivity contribution in [3.8, 4) is 0 Å². The van der Waals surface area contributed by atoms with Crippen molar-refractivity contribution in [3.63, 3.8) is 0 Å². The zero-order valence-electron chi connectivity index (χ0n) is 4.82. The molecule has 0 spiro atoms. The second-order valence-electron chi connectivity index (χ2n) is 1.86. The van der Waals surface area contributed by atoms with E-state index in [2.05, 4.69) is 6.92 Å². The Hall–Kier alpha value is 0.250. The van der Waals surface area contributed by atoms with Gasteiger partial charge in [-0.3, -0.25) is 0 Å². The van der Waals surface area contributed by atoms with Gasteiger partial charge < -0.3 is 4.90 Å². The lowest BCUT2D eigenvalue weighted by molar-refractivity contribution is 0.419. The first kappa shape index (κ1) is 7.25. The largest absolute Gasteiger partial charge is 0.308 e. The van der Waals surface area contributed by atoms with E-state index >= 15 is 0 Å². The van der Waals surface area contributed by atoms with Gasteiger partial charge in [0.1, 0.15) is 0 Å². The first-order chi connectivity index (χ1) is 3.13. The number of nitrogens with zero attached hydrogens (tertiary/aromatic N) is 1. The summed E-state index contributed by atoms with van der Waals surface area (Å²) in [5, 5.41) is 0.0231. The van der Waals surface area contributed by atoms with E-state index in [0.717, 1.165) is 6.54 Å². The summed E-state index contributed by atoms with van der Waals surface area (Å²) in [5.74, 6) is 0. The predicted octanol–water partition coefficient (Wildman–Crippen LogP) is 0.989.